The van der Waals surface area contributed by atoms with E-state index in [9.17, 15) is 9.59 Å². The van der Waals surface area contributed by atoms with Crippen molar-refractivity contribution >= 4 is 28.9 Å². The minimum Gasteiger partial charge on any atom is -0.273 e. The fourth-order valence-corrected chi connectivity index (χ4v) is 1.41. The first-order chi connectivity index (χ1) is 14.6. The molecule has 174 valence electrons. The van der Waals surface area contributed by atoms with Gasteiger partial charge >= 0.3 is 50.4 Å². The van der Waals surface area contributed by atoms with E-state index in [0.29, 0.717) is 0 Å². The van der Waals surface area contributed by atoms with Gasteiger partial charge in [0.15, 0.2) is 0 Å². The van der Waals surface area contributed by atoms with E-state index in [4.69, 9.17) is 10.2 Å². The average molecular weight is 491 g/mol. The molecule has 0 atom stereocenters. The van der Waals surface area contributed by atoms with E-state index in [0.717, 1.165) is 6.42 Å². The largest absolute Gasteiger partial charge is 0.273 e. The van der Waals surface area contributed by atoms with Crippen LogP contribution in [0.25, 0.3) is 10.8 Å². The Morgan fingerprint density at radius 2 is 1.41 bits per heavy atom. The van der Waals surface area contributed by atoms with Crippen LogP contribution < -0.4 is 0 Å². The number of allylic oxidation sites excluding steroid dienone is 4. The zero-order valence-corrected chi connectivity index (χ0v) is 23.3. The summed E-state index contributed by atoms with van der Waals surface area (Å²) in [6, 6.07) is 14.7. The summed E-state index contributed by atoms with van der Waals surface area (Å²) in [6.07, 6.45) is 10.1. The van der Waals surface area contributed by atoms with Crippen molar-refractivity contribution in [1.29, 1.82) is 0 Å². The molecule has 1 aliphatic carbocycles. The summed E-state index contributed by atoms with van der Waals surface area (Å²) in [4.78, 5) is 20.0. The summed E-state index contributed by atoms with van der Waals surface area (Å²) in [5.74, 6) is -1.51. The summed E-state index contributed by atoms with van der Waals surface area (Å²) in [5, 5.41) is 19.2. The molecule has 2 aromatic rings. The maximum atomic E-state index is 10.0. The number of hydrogen-bond donors (Lipinski definition) is 2. The van der Waals surface area contributed by atoms with Crippen LogP contribution in [-0.4, -0.2) is 28.3 Å². The van der Waals surface area contributed by atoms with E-state index in [1.54, 1.807) is 41.5 Å². The van der Waals surface area contributed by atoms with Gasteiger partial charge in [0, 0.05) is 0 Å². The van der Waals surface area contributed by atoms with Crippen molar-refractivity contribution in [1.82, 2.24) is 0 Å². The number of carbonyl (C=O) groups is 2. The van der Waals surface area contributed by atoms with E-state index < -0.39 is 22.8 Å². The van der Waals surface area contributed by atoms with Crippen molar-refractivity contribution in [2.45, 2.75) is 61.1 Å². The number of carboxylic acids is 2. The SMILES string of the molecule is CC(C)(C)C(=O)O.CC(C)(C)C(=O)O.C[Si](C)=[Ti+2].[C-]1=CC=CC1.c1ccc2[cH-]ccc2c1. The van der Waals surface area contributed by atoms with Crippen LogP contribution in [0.15, 0.2) is 60.7 Å². The molecular weight excluding hydrogens is 452 g/mol. The zero-order chi connectivity index (χ0) is 25.4. The van der Waals surface area contributed by atoms with Crippen molar-refractivity contribution in [2.75, 3.05) is 0 Å². The summed E-state index contributed by atoms with van der Waals surface area (Å²) in [7, 11) is 0. The van der Waals surface area contributed by atoms with E-state index in [-0.39, 0.29) is 6.19 Å². The van der Waals surface area contributed by atoms with Crippen LogP contribution in [0.5, 0.6) is 0 Å². The Morgan fingerprint density at radius 1 is 0.969 bits per heavy atom. The van der Waals surface area contributed by atoms with Crippen molar-refractivity contribution in [3.05, 3.63) is 66.8 Å². The van der Waals surface area contributed by atoms with Gasteiger partial charge in [-0.3, -0.25) is 15.7 Å². The topological polar surface area (TPSA) is 74.6 Å². The minimum absolute atomic E-state index is 0.120. The Balaban J connectivity index is 0. The molecule has 0 saturated heterocycles. The Morgan fingerprint density at radius 3 is 1.69 bits per heavy atom. The molecule has 2 N–H and O–H groups in total. The van der Waals surface area contributed by atoms with Crippen LogP contribution in [0.4, 0.5) is 0 Å². The Labute approximate surface area is 206 Å². The molecule has 2 aromatic carbocycles. The molecule has 0 bridgehead atoms. The summed E-state index contributed by atoms with van der Waals surface area (Å²) >= 11 is 2.27. The second kappa shape index (κ2) is 16.8. The van der Waals surface area contributed by atoms with E-state index in [1.165, 1.54) is 10.8 Å². The van der Waals surface area contributed by atoms with Gasteiger partial charge in [0.05, 0.1) is 10.8 Å². The fraction of sp³-hybridized carbons (Fsp3) is 0.423. The quantitative estimate of drug-likeness (QED) is 0.312. The van der Waals surface area contributed by atoms with E-state index >= 15 is 0 Å². The summed E-state index contributed by atoms with van der Waals surface area (Å²) in [6.45, 7) is 14.5. The first-order valence-electron chi connectivity index (χ1n) is 10.4. The summed E-state index contributed by atoms with van der Waals surface area (Å²) in [5.41, 5.74) is -1.17. The van der Waals surface area contributed by atoms with Crippen LogP contribution >= 0.6 is 0 Å². The monoisotopic (exact) mass is 490 g/mol. The third-order valence-corrected chi connectivity index (χ3v) is 3.42. The second-order valence-electron chi connectivity index (χ2n) is 9.27. The Hall–Kier alpha value is -1.82. The molecule has 0 spiro atoms. The number of carboxylic acid groups (broad SMARTS) is 2. The Bertz CT molecular complexity index is 813. The molecule has 0 unspecified atom stereocenters. The number of hydrogen-bond acceptors (Lipinski definition) is 2. The summed E-state index contributed by atoms with van der Waals surface area (Å²) < 4.78 is 0. The number of rotatable bonds is 0. The third kappa shape index (κ3) is 20.1. The molecule has 0 saturated carbocycles. The minimum atomic E-state index is -0.757. The first kappa shape index (κ1) is 32.4. The maximum Gasteiger partial charge on any atom is -0.0809 e. The van der Waals surface area contributed by atoms with Crippen LogP contribution in [0.2, 0.25) is 13.1 Å². The van der Waals surface area contributed by atoms with Gasteiger partial charge in [-0.25, -0.2) is 12.2 Å². The molecule has 0 fully saturated rings. The number of aliphatic carboxylic acids is 2. The molecule has 32 heavy (non-hydrogen) atoms. The van der Waals surface area contributed by atoms with Crippen molar-refractivity contribution in [3.63, 3.8) is 0 Å². The van der Waals surface area contributed by atoms with Gasteiger partial charge in [0.1, 0.15) is 0 Å². The third-order valence-electron chi connectivity index (χ3n) is 3.42. The zero-order valence-electron chi connectivity index (χ0n) is 20.7. The molecule has 0 amide bonds. The molecule has 3 rings (SSSR count). The normalized spacial score (nSPS) is 11.4. The molecule has 0 radical (unpaired) electrons. The van der Waals surface area contributed by atoms with Gasteiger partial charge in [0.2, 0.25) is 0 Å². The van der Waals surface area contributed by atoms with Crippen molar-refractivity contribution < 1.29 is 39.0 Å². The van der Waals surface area contributed by atoms with Gasteiger partial charge in [-0.15, -0.1) is 36.1 Å². The second-order valence-corrected chi connectivity index (χ2v) is 16.0. The molecule has 0 heterocycles. The molecular formula is C26H38O4SiTi. The number of benzene rings is 1. The maximum absolute atomic E-state index is 10.0. The van der Waals surface area contributed by atoms with E-state index in [1.807, 2.05) is 12.2 Å². The van der Waals surface area contributed by atoms with Crippen LogP contribution in [0.3, 0.4) is 0 Å². The Kier molecular flexibility index (Phi) is 17.0. The van der Waals surface area contributed by atoms with Gasteiger partial charge in [-0.05, 0) is 41.5 Å². The molecule has 0 aromatic heterocycles. The molecule has 4 nitrogen and oxygen atoms in total. The van der Waals surface area contributed by atoms with Crippen LogP contribution in [0.1, 0.15) is 48.0 Å². The van der Waals surface area contributed by atoms with Crippen LogP contribution in [0, 0.1) is 16.9 Å². The van der Waals surface area contributed by atoms with Crippen LogP contribution in [-0.2, 0) is 28.8 Å². The van der Waals surface area contributed by atoms with Gasteiger partial charge in [-0.1, -0.05) is 6.07 Å². The fourth-order valence-electron chi connectivity index (χ4n) is 1.41. The predicted octanol–water partition coefficient (Wildman–Crippen LogP) is 6.88. The number of fused-ring (bicyclic) bond motifs is 1. The standard InChI is InChI=1S/C9H7.2C5H10O2.C5H5.C2H6Si.Ti/c1-2-5-9-7-3-6-8(9)4-1;2*1-5(2,3)4(6)7;1-2-4-5-3-1;1-3-2;/h1-7H;2*1-3H3,(H,6,7);1-3H,4H2;1-2H3;/q-1;;;-1;;+2. The van der Waals surface area contributed by atoms with Gasteiger partial charge in [-0.2, -0.15) is 23.6 Å². The molecule has 0 aliphatic heterocycles. The smallest absolute Gasteiger partial charge is 0.0809 e. The van der Waals surface area contributed by atoms with Gasteiger partial charge < -0.3 is 10.2 Å². The molecule has 1 aliphatic rings. The predicted molar refractivity (Wildman–Crippen MR) is 133 cm³/mol. The van der Waals surface area contributed by atoms with Crippen molar-refractivity contribution in [2.24, 2.45) is 10.8 Å². The first-order valence-corrected chi connectivity index (χ1v) is 15.2. The molecule has 6 heteroatoms. The van der Waals surface area contributed by atoms with E-state index in [2.05, 4.69) is 86.9 Å². The average Bonchev–Trinajstić information content (AvgIpc) is 3.35. The van der Waals surface area contributed by atoms with Gasteiger partial charge in [0.25, 0.3) is 0 Å². The van der Waals surface area contributed by atoms with Crippen molar-refractivity contribution in [3.8, 4) is 0 Å².